The molecule has 2 unspecified atom stereocenters. The van der Waals surface area contributed by atoms with Crippen molar-refractivity contribution in [2.24, 2.45) is 16.3 Å². The summed E-state index contributed by atoms with van der Waals surface area (Å²) in [6, 6.07) is 12.0. The van der Waals surface area contributed by atoms with E-state index in [2.05, 4.69) is 59.7 Å². The highest BCUT2D eigenvalue weighted by Gasteiger charge is 2.53. The normalized spacial score (nSPS) is 27.0. The number of piperidine rings is 1. The second-order valence-electron chi connectivity index (χ2n) is 9.00. The van der Waals surface area contributed by atoms with Crippen LogP contribution in [0.25, 0.3) is 0 Å². The Labute approximate surface area is 188 Å². The van der Waals surface area contributed by atoms with Gasteiger partial charge in [-0.15, -0.1) is 24.0 Å². The molecular weight excluding hydrogens is 459 g/mol. The zero-order valence-corrected chi connectivity index (χ0v) is 19.8. The van der Waals surface area contributed by atoms with E-state index in [1.54, 1.807) is 0 Å². The highest BCUT2D eigenvalue weighted by atomic mass is 127. The van der Waals surface area contributed by atoms with Gasteiger partial charge in [0.25, 0.3) is 0 Å². The van der Waals surface area contributed by atoms with Crippen LogP contribution in [0.3, 0.4) is 0 Å². The van der Waals surface area contributed by atoms with E-state index in [-0.39, 0.29) is 24.0 Å². The number of likely N-dealkylation sites (tertiary alicyclic amines) is 1. The van der Waals surface area contributed by atoms with Gasteiger partial charge in [-0.2, -0.15) is 0 Å². The van der Waals surface area contributed by atoms with E-state index < -0.39 is 0 Å². The van der Waals surface area contributed by atoms with Crippen molar-refractivity contribution in [2.75, 3.05) is 19.6 Å². The fourth-order valence-corrected chi connectivity index (χ4v) is 4.71. The molecule has 3 fully saturated rings. The summed E-state index contributed by atoms with van der Waals surface area (Å²) in [6.45, 7) is 8.70. The number of guanidine groups is 1. The third-order valence-corrected chi connectivity index (χ3v) is 6.81. The zero-order chi connectivity index (χ0) is 18.7. The van der Waals surface area contributed by atoms with E-state index in [0.717, 1.165) is 38.1 Å². The Bertz CT molecular complexity index is 639. The van der Waals surface area contributed by atoms with Crippen LogP contribution in [0.2, 0.25) is 0 Å². The lowest BCUT2D eigenvalue weighted by Crippen LogP contribution is -2.51. The predicted molar refractivity (Wildman–Crippen MR) is 128 cm³/mol. The second kappa shape index (κ2) is 9.79. The Morgan fingerprint density at radius 1 is 1.18 bits per heavy atom. The molecule has 2 N–H and O–H groups in total. The topological polar surface area (TPSA) is 39.7 Å². The highest BCUT2D eigenvalue weighted by Crippen LogP contribution is 2.61. The van der Waals surface area contributed by atoms with Crippen LogP contribution < -0.4 is 10.6 Å². The van der Waals surface area contributed by atoms with Gasteiger partial charge in [0, 0.05) is 38.3 Å². The first-order chi connectivity index (χ1) is 13.2. The molecule has 0 radical (unpaired) electrons. The fourth-order valence-electron chi connectivity index (χ4n) is 4.71. The summed E-state index contributed by atoms with van der Waals surface area (Å²) >= 11 is 0. The Balaban J connectivity index is 0.00000225. The minimum atomic E-state index is 0. The molecule has 156 valence electrons. The van der Waals surface area contributed by atoms with Gasteiger partial charge in [-0.3, -0.25) is 9.89 Å². The lowest BCUT2D eigenvalue weighted by Gasteiger charge is -2.38. The quantitative estimate of drug-likeness (QED) is 0.334. The number of hydrogen-bond donors (Lipinski definition) is 2. The second-order valence-corrected chi connectivity index (χ2v) is 9.00. The predicted octanol–water partition coefficient (Wildman–Crippen LogP) is 4.40. The summed E-state index contributed by atoms with van der Waals surface area (Å²) in [7, 11) is 0. The van der Waals surface area contributed by atoms with Gasteiger partial charge in [-0.1, -0.05) is 30.3 Å². The minimum Gasteiger partial charge on any atom is -0.357 e. The summed E-state index contributed by atoms with van der Waals surface area (Å²) in [5, 5.41) is 7.22. The third-order valence-electron chi connectivity index (χ3n) is 6.81. The monoisotopic (exact) mass is 496 g/mol. The molecule has 0 spiro atoms. The average molecular weight is 496 g/mol. The van der Waals surface area contributed by atoms with Gasteiger partial charge >= 0.3 is 0 Å². The maximum atomic E-state index is 5.00. The van der Waals surface area contributed by atoms with Crippen LogP contribution in [0.15, 0.2) is 35.3 Å². The summed E-state index contributed by atoms with van der Waals surface area (Å²) < 4.78 is 0. The average Bonchev–Trinajstić information content (AvgIpc) is 3.56. The molecule has 4 rings (SSSR count). The van der Waals surface area contributed by atoms with Gasteiger partial charge in [0.2, 0.25) is 0 Å². The van der Waals surface area contributed by atoms with Crippen molar-refractivity contribution in [3.8, 4) is 0 Å². The number of halogens is 1. The smallest absolute Gasteiger partial charge is 0.191 e. The molecule has 1 saturated heterocycles. The van der Waals surface area contributed by atoms with Crippen molar-refractivity contribution in [3.05, 3.63) is 35.9 Å². The molecule has 2 atom stereocenters. The van der Waals surface area contributed by atoms with Gasteiger partial charge in [0.05, 0.1) is 0 Å². The number of benzene rings is 1. The Hall–Kier alpha value is -0.820. The SMILES string of the molecule is CCNC(=NCC1(C2CC2)CC1)NC1CCN(Cc2ccccc2)C(C)C1.I. The van der Waals surface area contributed by atoms with Gasteiger partial charge in [0.1, 0.15) is 0 Å². The first-order valence-electron chi connectivity index (χ1n) is 11.0. The number of nitrogens with one attached hydrogen (secondary N) is 2. The lowest BCUT2D eigenvalue weighted by molar-refractivity contribution is 0.134. The van der Waals surface area contributed by atoms with Crippen LogP contribution in [0, 0.1) is 11.3 Å². The number of nitrogens with zero attached hydrogens (tertiary/aromatic N) is 2. The van der Waals surface area contributed by atoms with Crippen molar-refractivity contribution >= 4 is 29.9 Å². The highest BCUT2D eigenvalue weighted by molar-refractivity contribution is 14.0. The number of hydrogen-bond acceptors (Lipinski definition) is 2. The van der Waals surface area contributed by atoms with Crippen LogP contribution in [0.4, 0.5) is 0 Å². The third kappa shape index (κ3) is 5.62. The lowest BCUT2D eigenvalue weighted by atomic mass is 9.97. The first-order valence-corrected chi connectivity index (χ1v) is 11.0. The van der Waals surface area contributed by atoms with Crippen LogP contribution in [-0.4, -0.2) is 42.6 Å². The van der Waals surface area contributed by atoms with Crippen molar-refractivity contribution in [2.45, 2.75) is 71.0 Å². The van der Waals surface area contributed by atoms with Crippen LogP contribution in [0.5, 0.6) is 0 Å². The van der Waals surface area contributed by atoms with Gasteiger partial charge < -0.3 is 10.6 Å². The van der Waals surface area contributed by atoms with Crippen LogP contribution in [-0.2, 0) is 6.54 Å². The molecule has 2 saturated carbocycles. The summed E-state index contributed by atoms with van der Waals surface area (Å²) in [5.41, 5.74) is 2.00. The summed E-state index contributed by atoms with van der Waals surface area (Å²) in [6.07, 6.45) is 8.05. The Morgan fingerprint density at radius 2 is 1.93 bits per heavy atom. The van der Waals surface area contributed by atoms with Crippen LogP contribution >= 0.6 is 24.0 Å². The van der Waals surface area contributed by atoms with E-state index in [0.29, 0.717) is 17.5 Å². The molecule has 0 amide bonds. The molecule has 3 aliphatic rings. The van der Waals surface area contributed by atoms with E-state index in [1.807, 2.05) is 0 Å². The van der Waals surface area contributed by atoms with E-state index >= 15 is 0 Å². The van der Waals surface area contributed by atoms with E-state index in [9.17, 15) is 0 Å². The Kier molecular flexibility index (Phi) is 7.65. The van der Waals surface area contributed by atoms with Gasteiger partial charge in [0.15, 0.2) is 5.96 Å². The van der Waals surface area contributed by atoms with Crippen molar-refractivity contribution < 1.29 is 0 Å². The minimum absolute atomic E-state index is 0. The summed E-state index contributed by atoms with van der Waals surface area (Å²) in [5.74, 6) is 2.02. The molecule has 4 nitrogen and oxygen atoms in total. The molecule has 5 heteroatoms. The molecule has 2 aliphatic carbocycles. The summed E-state index contributed by atoms with van der Waals surface area (Å²) in [4.78, 5) is 7.61. The maximum absolute atomic E-state index is 5.00. The van der Waals surface area contributed by atoms with Crippen molar-refractivity contribution in [1.29, 1.82) is 0 Å². The maximum Gasteiger partial charge on any atom is 0.191 e. The van der Waals surface area contributed by atoms with E-state index in [4.69, 9.17) is 4.99 Å². The number of rotatable bonds is 7. The molecular formula is C23H37IN4. The van der Waals surface area contributed by atoms with Gasteiger partial charge in [-0.05, 0) is 69.3 Å². The van der Waals surface area contributed by atoms with Crippen LogP contribution in [0.1, 0.15) is 57.9 Å². The molecule has 1 aromatic carbocycles. The molecule has 1 aliphatic heterocycles. The zero-order valence-electron chi connectivity index (χ0n) is 17.5. The fraction of sp³-hybridized carbons (Fsp3) is 0.696. The van der Waals surface area contributed by atoms with Crippen molar-refractivity contribution in [1.82, 2.24) is 15.5 Å². The largest absolute Gasteiger partial charge is 0.357 e. The first kappa shape index (κ1) is 21.9. The molecule has 28 heavy (non-hydrogen) atoms. The molecule has 0 aromatic heterocycles. The standard InChI is InChI=1S/C23H36N4.HI/c1-3-24-22(25-17-23(12-13-23)20-9-10-20)26-21-11-14-27(18(2)15-21)16-19-7-5-4-6-8-19;/h4-8,18,20-21H,3,9-17H2,1-2H3,(H2,24,25,26);1H. The van der Waals surface area contributed by atoms with Crippen molar-refractivity contribution in [3.63, 3.8) is 0 Å². The Morgan fingerprint density at radius 3 is 2.54 bits per heavy atom. The molecule has 0 bridgehead atoms. The van der Waals surface area contributed by atoms with E-state index in [1.165, 1.54) is 44.1 Å². The molecule has 1 aromatic rings. The molecule has 1 heterocycles. The number of aliphatic imine (C=N–C) groups is 1. The van der Waals surface area contributed by atoms with Gasteiger partial charge in [-0.25, -0.2) is 0 Å².